The topological polar surface area (TPSA) is 26.5 Å². The van der Waals surface area contributed by atoms with Crippen LogP contribution in [0, 0.1) is 0 Å². The number of hydrogen-bond donors (Lipinski definition) is 0. The SMILES string of the molecule is COc1cccc(-c2ccc3ccnn3c2)c1. The summed E-state index contributed by atoms with van der Waals surface area (Å²) in [4.78, 5) is 0. The molecule has 3 nitrogen and oxygen atoms in total. The lowest BCUT2D eigenvalue weighted by atomic mass is 10.1. The molecule has 0 amide bonds. The van der Waals surface area contributed by atoms with Crippen molar-refractivity contribution in [2.24, 2.45) is 0 Å². The van der Waals surface area contributed by atoms with Crippen molar-refractivity contribution in [3.8, 4) is 16.9 Å². The van der Waals surface area contributed by atoms with Crippen LogP contribution in [0.25, 0.3) is 16.6 Å². The maximum absolute atomic E-state index is 5.23. The molecule has 84 valence electrons. The molecule has 0 N–H and O–H groups in total. The normalized spacial score (nSPS) is 10.6. The highest BCUT2D eigenvalue weighted by atomic mass is 16.5. The highest BCUT2D eigenvalue weighted by molar-refractivity contribution is 5.66. The van der Waals surface area contributed by atoms with E-state index in [2.05, 4.69) is 23.3 Å². The van der Waals surface area contributed by atoms with Gasteiger partial charge in [-0.1, -0.05) is 18.2 Å². The monoisotopic (exact) mass is 224 g/mol. The quantitative estimate of drug-likeness (QED) is 0.669. The number of benzene rings is 1. The van der Waals surface area contributed by atoms with Crippen LogP contribution in [0.4, 0.5) is 0 Å². The van der Waals surface area contributed by atoms with E-state index in [1.165, 1.54) is 0 Å². The Labute approximate surface area is 99.3 Å². The van der Waals surface area contributed by atoms with Crippen LogP contribution in [-0.4, -0.2) is 16.7 Å². The van der Waals surface area contributed by atoms with E-state index in [4.69, 9.17) is 4.74 Å². The van der Waals surface area contributed by atoms with Gasteiger partial charge in [0.25, 0.3) is 0 Å². The minimum atomic E-state index is 0.864. The van der Waals surface area contributed by atoms with Crippen molar-refractivity contribution in [3.63, 3.8) is 0 Å². The number of methoxy groups -OCH3 is 1. The van der Waals surface area contributed by atoms with Crippen molar-refractivity contribution in [3.05, 3.63) is 54.9 Å². The van der Waals surface area contributed by atoms with Crippen molar-refractivity contribution in [1.82, 2.24) is 9.61 Å². The molecule has 0 unspecified atom stereocenters. The number of fused-ring (bicyclic) bond motifs is 1. The number of hydrogen-bond acceptors (Lipinski definition) is 2. The summed E-state index contributed by atoms with van der Waals surface area (Å²) in [5.74, 6) is 0.864. The lowest BCUT2D eigenvalue weighted by Crippen LogP contribution is -1.88. The average molecular weight is 224 g/mol. The van der Waals surface area contributed by atoms with Gasteiger partial charge in [0.15, 0.2) is 0 Å². The molecule has 0 saturated heterocycles. The molecule has 0 aliphatic rings. The summed E-state index contributed by atoms with van der Waals surface area (Å²) in [6.45, 7) is 0. The predicted molar refractivity (Wildman–Crippen MR) is 67.2 cm³/mol. The van der Waals surface area contributed by atoms with E-state index >= 15 is 0 Å². The van der Waals surface area contributed by atoms with Crippen molar-refractivity contribution >= 4 is 5.52 Å². The number of pyridine rings is 1. The Kier molecular flexibility index (Phi) is 2.29. The molecule has 2 aromatic heterocycles. The first-order chi connectivity index (χ1) is 8.36. The first-order valence-electron chi connectivity index (χ1n) is 5.45. The van der Waals surface area contributed by atoms with Crippen LogP contribution in [0.2, 0.25) is 0 Å². The summed E-state index contributed by atoms with van der Waals surface area (Å²) in [5, 5.41) is 4.23. The van der Waals surface area contributed by atoms with Gasteiger partial charge in [-0.15, -0.1) is 0 Å². The van der Waals surface area contributed by atoms with Crippen LogP contribution < -0.4 is 4.74 Å². The molecule has 0 fully saturated rings. The van der Waals surface area contributed by atoms with Gasteiger partial charge in [0.1, 0.15) is 5.75 Å². The highest BCUT2D eigenvalue weighted by Gasteiger charge is 2.01. The van der Waals surface area contributed by atoms with Crippen LogP contribution in [-0.2, 0) is 0 Å². The summed E-state index contributed by atoms with van der Waals surface area (Å²) < 4.78 is 7.10. The zero-order chi connectivity index (χ0) is 11.7. The Hall–Kier alpha value is -2.29. The van der Waals surface area contributed by atoms with Crippen molar-refractivity contribution < 1.29 is 4.74 Å². The smallest absolute Gasteiger partial charge is 0.119 e. The van der Waals surface area contributed by atoms with Crippen molar-refractivity contribution in [2.45, 2.75) is 0 Å². The van der Waals surface area contributed by atoms with Gasteiger partial charge < -0.3 is 4.74 Å². The van der Waals surface area contributed by atoms with Gasteiger partial charge >= 0.3 is 0 Å². The fourth-order valence-corrected chi connectivity index (χ4v) is 1.89. The maximum Gasteiger partial charge on any atom is 0.119 e. The second-order valence-electron chi connectivity index (χ2n) is 3.85. The molecule has 0 spiro atoms. The van der Waals surface area contributed by atoms with E-state index < -0.39 is 0 Å². The molecule has 1 aromatic carbocycles. The summed E-state index contributed by atoms with van der Waals surface area (Å²) in [5.41, 5.74) is 3.35. The van der Waals surface area contributed by atoms with Crippen LogP contribution in [0.3, 0.4) is 0 Å². The van der Waals surface area contributed by atoms with E-state index in [0.717, 1.165) is 22.4 Å². The lowest BCUT2D eigenvalue weighted by Gasteiger charge is -2.05. The molecule has 3 aromatic rings. The van der Waals surface area contributed by atoms with Crippen LogP contribution in [0.1, 0.15) is 0 Å². The second-order valence-corrected chi connectivity index (χ2v) is 3.85. The molecular formula is C14H12N2O. The van der Waals surface area contributed by atoms with Crippen LogP contribution in [0.15, 0.2) is 54.9 Å². The van der Waals surface area contributed by atoms with Gasteiger partial charge in [-0.3, -0.25) is 0 Å². The molecule has 3 rings (SSSR count). The first kappa shape index (κ1) is 9.90. The van der Waals surface area contributed by atoms with Crippen LogP contribution in [0.5, 0.6) is 5.75 Å². The molecule has 0 atom stereocenters. The summed E-state index contributed by atoms with van der Waals surface area (Å²) in [6.07, 6.45) is 3.81. The Morgan fingerprint density at radius 1 is 1.06 bits per heavy atom. The second kappa shape index (κ2) is 3.94. The minimum absolute atomic E-state index is 0.864. The molecule has 17 heavy (non-hydrogen) atoms. The predicted octanol–water partition coefficient (Wildman–Crippen LogP) is 3.01. The molecular weight excluding hydrogens is 212 g/mol. The van der Waals surface area contributed by atoms with E-state index in [1.54, 1.807) is 13.3 Å². The van der Waals surface area contributed by atoms with E-state index in [0.29, 0.717) is 0 Å². The molecule has 0 bridgehead atoms. The third-order valence-electron chi connectivity index (χ3n) is 2.80. The van der Waals surface area contributed by atoms with Gasteiger partial charge in [-0.25, -0.2) is 4.52 Å². The van der Waals surface area contributed by atoms with Crippen molar-refractivity contribution in [1.29, 1.82) is 0 Å². The van der Waals surface area contributed by atoms with Gasteiger partial charge in [-0.2, -0.15) is 5.10 Å². The third-order valence-corrected chi connectivity index (χ3v) is 2.80. The summed E-state index contributed by atoms with van der Waals surface area (Å²) in [7, 11) is 1.68. The van der Waals surface area contributed by atoms with Crippen molar-refractivity contribution in [2.75, 3.05) is 7.11 Å². The molecule has 0 aliphatic heterocycles. The largest absolute Gasteiger partial charge is 0.497 e. The molecule has 0 aliphatic carbocycles. The molecule has 3 heteroatoms. The Bertz CT molecular complexity index is 658. The number of ether oxygens (including phenoxy) is 1. The van der Waals surface area contributed by atoms with Crippen LogP contribution >= 0.6 is 0 Å². The first-order valence-corrected chi connectivity index (χ1v) is 5.45. The maximum atomic E-state index is 5.23. The Morgan fingerprint density at radius 2 is 2.00 bits per heavy atom. The summed E-state index contributed by atoms with van der Waals surface area (Å²) in [6, 6.07) is 14.1. The van der Waals surface area contributed by atoms with Gasteiger partial charge in [0.05, 0.1) is 12.6 Å². The lowest BCUT2D eigenvalue weighted by molar-refractivity contribution is 0.415. The van der Waals surface area contributed by atoms with E-state index in [1.807, 2.05) is 35.0 Å². The minimum Gasteiger partial charge on any atom is -0.497 e. The number of rotatable bonds is 2. The molecule has 0 radical (unpaired) electrons. The Balaban J connectivity index is 2.12. The van der Waals surface area contributed by atoms with Gasteiger partial charge in [-0.05, 0) is 29.8 Å². The summed E-state index contributed by atoms with van der Waals surface area (Å²) >= 11 is 0. The van der Waals surface area contributed by atoms with E-state index in [-0.39, 0.29) is 0 Å². The fourth-order valence-electron chi connectivity index (χ4n) is 1.89. The fraction of sp³-hybridized carbons (Fsp3) is 0.0714. The standard InChI is InChI=1S/C14H12N2O/c1-17-14-4-2-3-11(9-14)12-5-6-13-7-8-15-16(13)10-12/h2-10H,1H3. The number of aromatic nitrogens is 2. The molecule has 2 heterocycles. The average Bonchev–Trinajstić information content (AvgIpc) is 2.86. The third kappa shape index (κ3) is 1.76. The highest BCUT2D eigenvalue weighted by Crippen LogP contribution is 2.23. The number of nitrogens with zero attached hydrogens (tertiary/aromatic N) is 2. The zero-order valence-electron chi connectivity index (χ0n) is 9.50. The molecule has 0 saturated carbocycles. The van der Waals surface area contributed by atoms with Gasteiger partial charge in [0.2, 0.25) is 0 Å². The van der Waals surface area contributed by atoms with E-state index in [9.17, 15) is 0 Å². The van der Waals surface area contributed by atoms with Gasteiger partial charge in [0, 0.05) is 18.0 Å². The Morgan fingerprint density at radius 3 is 2.88 bits per heavy atom. The zero-order valence-corrected chi connectivity index (χ0v) is 9.50.